The minimum atomic E-state index is -0.341. The number of aryl methyl sites for hydroxylation is 2. The van der Waals surface area contributed by atoms with Gasteiger partial charge in [-0.3, -0.25) is 0 Å². The molecule has 0 fully saturated rings. The number of oxime groups is 1. The number of hydrogen-bond acceptors (Lipinski definition) is 6. The Bertz CT molecular complexity index is 940. The molecular weight excluding hydrogens is 326 g/mol. The summed E-state index contributed by atoms with van der Waals surface area (Å²) in [5.41, 5.74) is 4.39. The molecule has 0 saturated heterocycles. The van der Waals surface area contributed by atoms with Crippen LogP contribution >= 0.6 is 11.3 Å². The molecule has 0 aliphatic rings. The van der Waals surface area contributed by atoms with E-state index in [0.29, 0.717) is 17.2 Å². The van der Waals surface area contributed by atoms with E-state index in [1.807, 2.05) is 19.1 Å². The normalized spacial score (nSPS) is 11.5. The van der Waals surface area contributed by atoms with Gasteiger partial charge in [-0.15, -0.1) is 11.3 Å². The number of aromatic nitrogens is 2. The van der Waals surface area contributed by atoms with Gasteiger partial charge < -0.3 is 14.9 Å². The van der Waals surface area contributed by atoms with Crippen molar-refractivity contribution in [3.63, 3.8) is 0 Å². The van der Waals surface area contributed by atoms with Crippen LogP contribution in [0, 0.1) is 13.8 Å². The van der Waals surface area contributed by atoms with Gasteiger partial charge in [0.15, 0.2) is 0 Å². The first-order valence-corrected chi connectivity index (χ1v) is 8.30. The first-order chi connectivity index (χ1) is 11.5. The molecule has 0 atom stereocenters. The molecule has 0 radical (unpaired) electrons. The van der Waals surface area contributed by atoms with Gasteiger partial charge in [0.1, 0.15) is 9.88 Å². The summed E-state index contributed by atoms with van der Waals surface area (Å²) >= 11 is 1.32. The van der Waals surface area contributed by atoms with E-state index in [-0.39, 0.29) is 5.97 Å². The smallest absolute Gasteiger partial charge is 0.350 e. The van der Waals surface area contributed by atoms with Gasteiger partial charge in [0.25, 0.3) is 0 Å². The van der Waals surface area contributed by atoms with Crippen molar-refractivity contribution in [2.45, 2.75) is 20.8 Å². The van der Waals surface area contributed by atoms with Gasteiger partial charge in [0.2, 0.25) is 0 Å². The van der Waals surface area contributed by atoms with Crippen LogP contribution in [0.4, 0.5) is 0 Å². The molecule has 2 heterocycles. The van der Waals surface area contributed by atoms with Crippen molar-refractivity contribution in [2.75, 3.05) is 6.61 Å². The highest BCUT2D eigenvalue weighted by Crippen LogP contribution is 2.33. The minimum Gasteiger partial charge on any atom is -0.462 e. The number of H-pyrrole nitrogens is 1. The lowest BCUT2D eigenvalue weighted by molar-refractivity contribution is 0.0531. The van der Waals surface area contributed by atoms with E-state index in [2.05, 4.69) is 15.1 Å². The number of carbonyl (C=O) groups excluding carboxylic acids is 1. The number of esters is 1. The number of rotatable bonds is 4. The molecule has 124 valence electrons. The highest BCUT2D eigenvalue weighted by Gasteiger charge is 2.18. The molecule has 0 amide bonds. The van der Waals surface area contributed by atoms with E-state index in [9.17, 15) is 4.79 Å². The number of ether oxygens (including phenoxy) is 1. The first kappa shape index (κ1) is 16.2. The largest absolute Gasteiger partial charge is 0.462 e. The van der Waals surface area contributed by atoms with E-state index in [1.165, 1.54) is 17.6 Å². The zero-order chi connectivity index (χ0) is 17.3. The van der Waals surface area contributed by atoms with Gasteiger partial charge in [-0.05, 0) is 38.5 Å². The van der Waals surface area contributed by atoms with E-state index in [4.69, 9.17) is 9.94 Å². The van der Waals surface area contributed by atoms with Gasteiger partial charge >= 0.3 is 5.97 Å². The highest BCUT2D eigenvalue weighted by atomic mass is 32.1. The van der Waals surface area contributed by atoms with Crippen molar-refractivity contribution in [1.29, 1.82) is 0 Å². The van der Waals surface area contributed by atoms with E-state index < -0.39 is 0 Å². The number of carbonyl (C=O) groups is 1. The van der Waals surface area contributed by atoms with Crippen molar-refractivity contribution in [2.24, 2.45) is 5.16 Å². The van der Waals surface area contributed by atoms with Crippen molar-refractivity contribution in [1.82, 2.24) is 9.97 Å². The van der Waals surface area contributed by atoms with Crippen LogP contribution in [0.5, 0.6) is 0 Å². The monoisotopic (exact) mass is 343 g/mol. The third-order valence-electron chi connectivity index (χ3n) is 3.72. The maximum Gasteiger partial charge on any atom is 0.350 e. The van der Waals surface area contributed by atoms with Crippen LogP contribution in [0.2, 0.25) is 0 Å². The molecule has 3 rings (SSSR count). The predicted octanol–water partition coefficient (Wildman–Crippen LogP) is 3.89. The van der Waals surface area contributed by atoms with Gasteiger partial charge in [0.05, 0.1) is 18.5 Å². The standard InChI is InChI=1S/C17H17N3O3S/c1-4-23-17(21)15-10(3)20-16(24-15)11-5-9(2)14-13(6-11)12(7-18-14)8-19-22/h5-8,18,22H,4H2,1-3H3. The third kappa shape index (κ3) is 2.78. The Morgan fingerprint density at radius 3 is 2.96 bits per heavy atom. The van der Waals surface area contributed by atoms with Crippen molar-refractivity contribution in [3.8, 4) is 10.6 Å². The fourth-order valence-corrected chi connectivity index (χ4v) is 3.58. The lowest BCUT2D eigenvalue weighted by Gasteiger charge is -2.02. The average Bonchev–Trinajstić information content (AvgIpc) is 3.12. The van der Waals surface area contributed by atoms with E-state index in [1.54, 1.807) is 20.0 Å². The number of thiazole rings is 1. The van der Waals surface area contributed by atoms with Crippen LogP contribution in [0.15, 0.2) is 23.5 Å². The van der Waals surface area contributed by atoms with Crippen LogP contribution < -0.4 is 0 Å². The van der Waals surface area contributed by atoms with Crippen molar-refractivity contribution >= 4 is 34.4 Å². The Morgan fingerprint density at radius 1 is 1.46 bits per heavy atom. The molecule has 24 heavy (non-hydrogen) atoms. The SMILES string of the molecule is CCOC(=O)c1sc(-c2cc(C)c3[nH]cc(C=NO)c3c2)nc1C. The number of hydrogen-bond donors (Lipinski definition) is 2. The summed E-state index contributed by atoms with van der Waals surface area (Å²) in [6.45, 7) is 5.92. The summed E-state index contributed by atoms with van der Waals surface area (Å²) in [6, 6.07) is 4.00. The van der Waals surface area contributed by atoms with Crippen molar-refractivity contribution in [3.05, 3.63) is 40.0 Å². The Labute approximate surface area is 142 Å². The molecular formula is C17H17N3O3S. The zero-order valence-electron chi connectivity index (χ0n) is 13.6. The highest BCUT2D eigenvalue weighted by molar-refractivity contribution is 7.17. The van der Waals surface area contributed by atoms with Crippen LogP contribution in [0.25, 0.3) is 21.5 Å². The summed E-state index contributed by atoms with van der Waals surface area (Å²) in [5.74, 6) is -0.341. The number of benzene rings is 1. The Kier molecular flexibility index (Phi) is 4.35. The molecule has 0 saturated carbocycles. The quantitative estimate of drug-likeness (QED) is 0.325. The maximum atomic E-state index is 12.0. The van der Waals surface area contributed by atoms with Crippen LogP contribution in [0.1, 0.15) is 33.4 Å². The number of aromatic amines is 1. The molecule has 0 unspecified atom stereocenters. The summed E-state index contributed by atoms with van der Waals surface area (Å²) in [4.78, 5) is 20.2. The van der Waals surface area contributed by atoms with E-state index >= 15 is 0 Å². The summed E-state index contributed by atoms with van der Waals surface area (Å²) < 4.78 is 5.07. The van der Waals surface area contributed by atoms with Crippen LogP contribution in [0.3, 0.4) is 0 Å². The number of fused-ring (bicyclic) bond motifs is 1. The van der Waals surface area contributed by atoms with Crippen LogP contribution in [-0.2, 0) is 4.74 Å². The van der Waals surface area contributed by atoms with Gasteiger partial charge in [-0.1, -0.05) is 5.16 Å². The first-order valence-electron chi connectivity index (χ1n) is 7.49. The molecule has 2 aromatic heterocycles. The molecule has 1 aromatic carbocycles. The molecule has 6 nitrogen and oxygen atoms in total. The number of nitrogens with one attached hydrogen (secondary N) is 1. The molecule has 0 aliphatic heterocycles. The van der Waals surface area contributed by atoms with Crippen molar-refractivity contribution < 1.29 is 14.7 Å². The van der Waals surface area contributed by atoms with Gasteiger partial charge in [-0.2, -0.15) is 0 Å². The molecule has 7 heteroatoms. The Morgan fingerprint density at radius 2 is 2.25 bits per heavy atom. The summed E-state index contributed by atoms with van der Waals surface area (Å²) in [6.07, 6.45) is 3.18. The summed E-state index contributed by atoms with van der Waals surface area (Å²) in [7, 11) is 0. The minimum absolute atomic E-state index is 0.337. The van der Waals surface area contributed by atoms with Gasteiger partial charge in [-0.25, -0.2) is 9.78 Å². The number of nitrogens with zero attached hydrogens (tertiary/aromatic N) is 2. The Balaban J connectivity index is 2.11. The topological polar surface area (TPSA) is 87.6 Å². The fourth-order valence-electron chi connectivity index (χ4n) is 2.63. The van der Waals surface area contributed by atoms with Gasteiger partial charge in [0, 0.05) is 28.2 Å². The molecule has 3 aromatic rings. The fraction of sp³-hybridized carbons (Fsp3) is 0.235. The maximum absolute atomic E-state index is 12.0. The molecule has 0 bridgehead atoms. The molecule has 2 N–H and O–H groups in total. The summed E-state index contributed by atoms with van der Waals surface area (Å²) in [5, 5.41) is 13.6. The third-order valence-corrected chi connectivity index (χ3v) is 4.91. The Hall–Kier alpha value is -2.67. The predicted molar refractivity (Wildman–Crippen MR) is 94.2 cm³/mol. The second-order valence-corrected chi connectivity index (χ2v) is 6.36. The van der Waals surface area contributed by atoms with E-state index in [0.717, 1.165) is 32.6 Å². The zero-order valence-corrected chi connectivity index (χ0v) is 14.4. The molecule has 0 spiro atoms. The van der Waals surface area contributed by atoms with Crippen LogP contribution in [-0.4, -0.2) is 34.0 Å². The molecule has 0 aliphatic carbocycles. The second-order valence-electron chi connectivity index (χ2n) is 5.36. The second kappa shape index (κ2) is 6.45. The lowest BCUT2D eigenvalue weighted by Crippen LogP contribution is -2.03. The average molecular weight is 343 g/mol. The lowest BCUT2D eigenvalue weighted by atomic mass is 10.1.